The number of ether oxygens (including phenoxy) is 1. The average molecular weight is 710 g/mol. The molecule has 0 aliphatic heterocycles. The maximum Gasteiger partial charge on any atom is 0.255 e. The quantitative estimate of drug-likeness (QED) is 0.0431. The van der Waals surface area contributed by atoms with Gasteiger partial charge in [-0.05, 0) is 61.1 Å². The summed E-state index contributed by atoms with van der Waals surface area (Å²) in [5, 5.41) is 12.6. The topological polar surface area (TPSA) is 58.6 Å². The van der Waals surface area contributed by atoms with Gasteiger partial charge in [0.25, 0.3) is 5.91 Å². The van der Waals surface area contributed by atoms with Crippen LogP contribution in [0.25, 0.3) is 0 Å². The summed E-state index contributed by atoms with van der Waals surface area (Å²) in [6.45, 7) is 5.26. The number of hydrogen-bond donors (Lipinski definition) is 2. The van der Waals surface area contributed by atoms with Gasteiger partial charge in [-0.3, -0.25) is 4.79 Å². The van der Waals surface area contributed by atoms with Gasteiger partial charge >= 0.3 is 0 Å². The van der Waals surface area contributed by atoms with Gasteiger partial charge in [-0.2, -0.15) is 0 Å². The molecule has 0 unspecified atom stereocenters. The van der Waals surface area contributed by atoms with Crippen molar-refractivity contribution in [2.75, 3.05) is 17.7 Å². The van der Waals surface area contributed by atoms with E-state index < -0.39 is 0 Å². The van der Waals surface area contributed by atoms with Crippen molar-refractivity contribution in [3.8, 4) is 11.5 Å². The van der Waals surface area contributed by atoms with E-state index in [1.807, 2.05) is 23.9 Å². The zero-order valence-corrected chi connectivity index (χ0v) is 33.2. The van der Waals surface area contributed by atoms with Crippen LogP contribution in [0.3, 0.4) is 0 Å². The first-order valence-corrected chi connectivity index (χ1v) is 22.1. The van der Waals surface area contributed by atoms with Gasteiger partial charge < -0.3 is 15.2 Å². The van der Waals surface area contributed by atoms with Gasteiger partial charge in [0, 0.05) is 16.1 Å². The lowest BCUT2D eigenvalue weighted by molar-refractivity contribution is 0.102. The van der Waals surface area contributed by atoms with E-state index in [1.54, 1.807) is 24.3 Å². The van der Waals surface area contributed by atoms with Gasteiger partial charge in [0.2, 0.25) is 0 Å². The number of carbonyl (C=O) groups is 1. The van der Waals surface area contributed by atoms with Crippen molar-refractivity contribution >= 4 is 23.4 Å². The largest absolute Gasteiger partial charge is 0.508 e. The van der Waals surface area contributed by atoms with Gasteiger partial charge in [-0.1, -0.05) is 181 Å². The number of phenols is 1. The first-order chi connectivity index (χ1) is 24.6. The van der Waals surface area contributed by atoms with Crippen molar-refractivity contribution < 1.29 is 14.6 Å². The molecule has 0 bridgehead atoms. The fraction of sp³-hybridized carbons (Fsp3) is 0.711. The molecule has 0 saturated heterocycles. The predicted octanol–water partition coefficient (Wildman–Crippen LogP) is 15.1. The summed E-state index contributed by atoms with van der Waals surface area (Å²) in [6, 6.07) is 12.6. The molecule has 284 valence electrons. The van der Waals surface area contributed by atoms with E-state index in [0.717, 1.165) is 22.8 Å². The van der Waals surface area contributed by atoms with Crippen molar-refractivity contribution in [3.63, 3.8) is 0 Å². The molecular weight excluding hydrogens is 635 g/mol. The smallest absolute Gasteiger partial charge is 0.255 e. The van der Waals surface area contributed by atoms with Gasteiger partial charge in [0.1, 0.15) is 11.5 Å². The first kappa shape index (κ1) is 44.0. The number of aromatic hydroxyl groups is 1. The second-order valence-electron chi connectivity index (χ2n) is 14.6. The Kier molecular flexibility index (Phi) is 27.8. The molecule has 4 nitrogen and oxygen atoms in total. The van der Waals surface area contributed by atoms with Crippen molar-refractivity contribution in [1.29, 1.82) is 0 Å². The molecule has 0 heterocycles. The first-order valence-electron chi connectivity index (χ1n) is 21.1. The maximum atomic E-state index is 13.2. The van der Waals surface area contributed by atoms with Crippen LogP contribution >= 0.6 is 11.8 Å². The molecule has 1 amide bonds. The molecular formula is C45H75NO3S. The van der Waals surface area contributed by atoms with Crippen LogP contribution in [0, 0.1) is 0 Å². The van der Waals surface area contributed by atoms with Crippen LogP contribution in [0.1, 0.15) is 204 Å². The molecule has 0 atom stereocenters. The summed E-state index contributed by atoms with van der Waals surface area (Å²) in [7, 11) is 0. The lowest BCUT2D eigenvalue weighted by Crippen LogP contribution is -2.12. The highest BCUT2D eigenvalue weighted by atomic mass is 32.2. The van der Waals surface area contributed by atoms with Crippen LogP contribution in [0.15, 0.2) is 47.4 Å². The van der Waals surface area contributed by atoms with E-state index in [9.17, 15) is 9.90 Å². The number of anilines is 1. The Morgan fingerprint density at radius 3 is 1.44 bits per heavy atom. The Labute approximate surface area is 312 Å². The number of rotatable bonds is 34. The lowest BCUT2D eigenvalue weighted by Gasteiger charge is -2.12. The number of benzene rings is 2. The van der Waals surface area contributed by atoms with Crippen molar-refractivity contribution in [2.45, 2.75) is 199 Å². The molecule has 2 aromatic rings. The molecule has 0 radical (unpaired) electrons. The zero-order chi connectivity index (χ0) is 35.7. The normalized spacial score (nSPS) is 11.2. The van der Waals surface area contributed by atoms with Crippen molar-refractivity contribution in [2.24, 2.45) is 0 Å². The number of thioether (sulfide) groups is 1. The summed E-state index contributed by atoms with van der Waals surface area (Å²) < 4.78 is 6.21. The molecule has 0 spiro atoms. The van der Waals surface area contributed by atoms with E-state index >= 15 is 0 Å². The summed E-state index contributed by atoms with van der Waals surface area (Å²) in [5.74, 6) is 1.86. The molecule has 5 heteroatoms. The number of amides is 1. The van der Waals surface area contributed by atoms with E-state index in [4.69, 9.17) is 4.74 Å². The standard InChI is InChI=1S/C45H75NO3S/c1-3-5-7-9-11-13-15-17-18-20-22-24-26-28-30-36-50-44-38-40(45(48)46-41-31-33-42(47)34-32-41)37-43(39-44)49-35-29-27-25-23-21-19-16-14-12-10-8-6-4-2/h31-34,37-39,47H,3-30,35-36H2,1-2H3,(H,46,48). The molecule has 0 aliphatic carbocycles. The third-order valence-electron chi connectivity index (χ3n) is 9.80. The van der Waals surface area contributed by atoms with E-state index in [2.05, 4.69) is 25.2 Å². The third kappa shape index (κ3) is 24.1. The molecule has 0 aromatic heterocycles. The average Bonchev–Trinajstić information content (AvgIpc) is 3.12. The number of carbonyl (C=O) groups excluding carboxylic acids is 1. The molecule has 2 N–H and O–H groups in total. The second-order valence-corrected chi connectivity index (χ2v) is 15.8. The highest BCUT2D eigenvalue weighted by Gasteiger charge is 2.11. The Hall–Kier alpha value is -2.14. The van der Waals surface area contributed by atoms with Crippen molar-refractivity contribution in [1.82, 2.24) is 0 Å². The molecule has 0 aliphatic rings. The van der Waals surface area contributed by atoms with Crippen LogP contribution in [0.4, 0.5) is 5.69 Å². The number of unbranched alkanes of at least 4 members (excludes halogenated alkanes) is 26. The van der Waals surface area contributed by atoms with Crippen LogP contribution in [-0.2, 0) is 0 Å². The Bertz CT molecular complexity index is 1070. The minimum absolute atomic E-state index is 0.157. The minimum atomic E-state index is -0.157. The van der Waals surface area contributed by atoms with E-state index in [-0.39, 0.29) is 11.7 Å². The van der Waals surface area contributed by atoms with Gasteiger partial charge in [-0.15, -0.1) is 11.8 Å². The zero-order valence-electron chi connectivity index (χ0n) is 32.4. The summed E-state index contributed by atoms with van der Waals surface area (Å²) >= 11 is 1.83. The van der Waals surface area contributed by atoms with E-state index in [0.29, 0.717) is 17.9 Å². The predicted molar refractivity (Wildman–Crippen MR) is 219 cm³/mol. The van der Waals surface area contributed by atoms with Gasteiger partial charge in [-0.25, -0.2) is 0 Å². The fourth-order valence-corrected chi connectivity index (χ4v) is 7.58. The number of nitrogens with one attached hydrogen (secondary N) is 1. The Balaban J connectivity index is 1.65. The minimum Gasteiger partial charge on any atom is -0.508 e. The highest BCUT2D eigenvalue weighted by molar-refractivity contribution is 7.99. The molecule has 0 fully saturated rings. The maximum absolute atomic E-state index is 13.2. The number of phenolic OH excluding ortho intramolecular Hbond substituents is 1. The van der Waals surface area contributed by atoms with E-state index in [1.165, 1.54) is 173 Å². The van der Waals surface area contributed by atoms with Crippen LogP contribution in [-0.4, -0.2) is 23.4 Å². The van der Waals surface area contributed by atoms with Gasteiger partial charge in [0.05, 0.1) is 6.61 Å². The number of hydrogen-bond acceptors (Lipinski definition) is 4. The SMILES string of the molecule is CCCCCCCCCCCCCCCCCSc1cc(OCCCCCCCCCCCCCCC)cc(C(=O)Nc2ccc(O)cc2)c1. The second kappa shape index (κ2) is 31.6. The molecule has 0 saturated carbocycles. The lowest BCUT2D eigenvalue weighted by atomic mass is 10.0. The summed E-state index contributed by atoms with van der Waals surface area (Å²) in [5.41, 5.74) is 1.28. The Morgan fingerprint density at radius 2 is 0.980 bits per heavy atom. The Morgan fingerprint density at radius 1 is 0.560 bits per heavy atom. The van der Waals surface area contributed by atoms with Crippen LogP contribution in [0.5, 0.6) is 11.5 Å². The van der Waals surface area contributed by atoms with Crippen LogP contribution < -0.4 is 10.1 Å². The monoisotopic (exact) mass is 710 g/mol. The fourth-order valence-electron chi connectivity index (χ4n) is 6.59. The molecule has 2 aromatic carbocycles. The third-order valence-corrected chi connectivity index (χ3v) is 10.9. The highest BCUT2D eigenvalue weighted by Crippen LogP contribution is 2.28. The van der Waals surface area contributed by atoms with Crippen molar-refractivity contribution in [3.05, 3.63) is 48.0 Å². The summed E-state index contributed by atoms with van der Waals surface area (Å²) in [6.07, 6.45) is 38.0. The summed E-state index contributed by atoms with van der Waals surface area (Å²) in [4.78, 5) is 14.3. The van der Waals surface area contributed by atoms with Crippen LogP contribution in [0.2, 0.25) is 0 Å². The molecule has 2 rings (SSSR count). The molecule has 50 heavy (non-hydrogen) atoms. The van der Waals surface area contributed by atoms with Gasteiger partial charge in [0.15, 0.2) is 0 Å².